The third-order valence-corrected chi connectivity index (χ3v) is 6.07. The van der Waals surface area contributed by atoms with Gasteiger partial charge in [-0.05, 0) is 83.0 Å². The minimum Gasteiger partial charge on any atom is -0.497 e. The number of carbonyl (C=O) groups is 1. The van der Waals surface area contributed by atoms with Crippen molar-refractivity contribution in [1.29, 1.82) is 0 Å². The van der Waals surface area contributed by atoms with Crippen LogP contribution in [0.4, 0.5) is 0 Å². The van der Waals surface area contributed by atoms with E-state index in [-0.39, 0.29) is 16.6 Å². The second-order valence-electron chi connectivity index (χ2n) is 6.47. The van der Waals surface area contributed by atoms with Gasteiger partial charge in [0, 0.05) is 5.56 Å². The van der Waals surface area contributed by atoms with Gasteiger partial charge >= 0.3 is 10.1 Å². The minimum absolute atomic E-state index is 0.0666. The van der Waals surface area contributed by atoms with Crippen molar-refractivity contribution in [3.63, 3.8) is 0 Å². The Morgan fingerprint density at radius 2 is 1.71 bits per heavy atom. The number of benzene rings is 3. The van der Waals surface area contributed by atoms with Crippen LogP contribution in [0.25, 0.3) is 0 Å². The van der Waals surface area contributed by atoms with Crippen LogP contribution in [-0.4, -0.2) is 27.6 Å². The van der Waals surface area contributed by atoms with Gasteiger partial charge in [-0.25, -0.2) is 5.43 Å². The maximum Gasteiger partial charge on any atom is 0.339 e. The summed E-state index contributed by atoms with van der Waals surface area (Å²) in [5.74, 6) is 0.415. The summed E-state index contributed by atoms with van der Waals surface area (Å²) in [6, 6.07) is 17.7. The number of amides is 1. The van der Waals surface area contributed by atoms with E-state index >= 15 is 0 Å². The Bertz CT molecular complexity index is 1210. The number of rotatable bonds is 7. The molecule has 1 amide bonds. The van der Waals surface area contributed by atoms with Crippen LogP contribution in [0, 0.1) is 6.92 Å². The number of aryl methyl sites for hydroxylation is 1. The lowest BCUT2D eigenvalue weighted by Gasteiger charge is -2.09. The number of hydrazone groups is 1. The van der Waals surface area contributed by atoms with Gasteiger partial charge in [0.2, 0.25) is 0 Å². The van der Waals surface area contributed by atoms with E-state index in [4.69, 9.17) is 8.92 Å². The third kappa shape index (κ3) is 5.93. The molecule has 3 rings (SSSR count). The molecule has 0 bridgehead atoms. The van der Waals surface area contributed by atoms with Gasteiger partial charge in [-0.1, -0.05) is 17.7 Å². The maximum absolute atomic E-state index is 12.4. The molecule has 160 valence electrons. The second-order valence-corrected chi connectivity index (χ2v) is 8.87. The Balaban J connectivity index is 1.65. The van der Waals surface area contributed by atoms with Crippen LogP contribution in [0.3, 0.4) is 0 Å². The number of ether oxygens (including phenoxy) is 1. The molecule has 0 atom stereocenters. The van der Waals surface area contributed by atoms with Crippen LogP contribution in [0.2, 0.25) is 0 Å². The van der Waals surface area contributed by atoms with Gasteiger partial charge < -0.3 is 8.92 Å². The predicted octanol–water partition coefficient (Wildman–Crippen LogP) is 4.30. The largest absolute Gasteiger partial charge is 0.497 e. The summed E-state index contributed by atoms with van der Waals surface area (Å²) in [6.07, 6.45) is 1.43. The number of hydrogen-bond acceptors (Lipinski definition) is 6. The monoisotopic (exact) mass is 502 g/mol. The van der Waals surface area contributed by atoms with Crippen LogP contribution in [0.15, 0.2) is 81.2 Å². The second kappa shape index (κ2) is 9.76. The number of hydrogen-bond donors (Lipinski definition) is 1. The summed E-state index contributed by atoms with van der Waals surface area (Å²) in [6.45, 7) is 1.87. The first-order valence-corrected chi connectivity index (χ1v) is 11.3. The van der Waals surface area contributed by atoms with Crippen LogP contribution in [0.1, 0.15) is 21.5 Å². The van der Waals surface area contributed by atoms with Crippen LogP contribution in [-0.2, 0) is 10.1 Å². The Labute approximate surface area is 189 Å². The average Bonchev–Trinajstić information content (AvgIpc) is 2.76. The fraction of sp³-hybridized carbons (Fsp3) is 0.0909. The molecule has 3 aromatic carbocycles. The van der Waals surface area contributed by atoms with Crippen molar-refractivity contribution in [1.82, 2.24) is 5.43 Å². The highest BCUT2D eigenvalue weighted by molar-refractivity contribution is 9.10. The normalized spacial score (nSPS) is 11.3. The van der Waals surface area contributed by atoms with Crippen molar-refractivity contribution >= 4 is 38.2 Å². The lowest BCUT2D eigenvalue weighted by atomic mass is 10.2. The zero-order valence-corrected chi connectivity index (χ0v) is 19.1. The number of nitrogens with one attached hydrogen (secondary N) is 1. The summed E-state index contributed by atoms with van der Waals surface area (Å²) in [4.78, 5) is 12.2. The van der Waals surface area contributed by atoms with E-state index in [0.717, 1.165) is 5.56 Å². The van der Waals surface area contributed by atoms with Gasteiger partial charge in [-0.3, -0.25) is 4.79 Å². The highest BCUT2D eigenvalue weighted by Crippen LogP contribution is 2.28. The first-order chi connectivity index (χ1) is 14.8. The molecule has 3 aromatic rings. The van der Waals surface area contributed by atoms with Gasteiger partial charge in [0.15, 0.2) is 5.75 Å². The number of methoxy groups -OCH3 is 1. The highest BCUT2D eigenvalue weighted by atomic mass is 79.9. The lowest BCUT2D eigenvalue weighted by Crippen LogP contribution is -2.17. The molecule has 1 N–H and O–H groups in total. The summed E-state index contributed by atoms with van der Waals surface area (Å²) in [5.41, 5.74) is 4.44. The fourth-order valence-electron chi connectivity index (χ4n) is 2.51. The molecule has 0 spiro atoms. The van der Waals surface area contributed by atoms with Crippen molar-refractivity contribution in [3.05, 3.63) is 87.9 Å². The molecular formula is C22H19BrN2O5S. The molecule has 31 heavy (non-hydrogen) atoms. The first-order valence-electron chi connectivity index (χ1n) is 9.06. The van der Waals surface area contributed by atoms with E-state index in [1.54, 1.807) is 55.6 Å². The molecule has 0 fully saturated rings. The van der Waals surface area contributed by atoms with E-state index < -0.39 is 10.1 Å². The Morgan fingerprint density at radius 1 is 1.03 bits per heavy atom. The summed E-state index contributed by atoms with van der Waals surface area (Å²) in [7, 11) is -2.41. The highest BCUT2D eigenvalue weighted by Gasteiger charge is 2.18. The van der Waals surface area contributed by atoms with Gasteiger partial charge in [0.05, 0.1) is 17.8 Å². The fourth-order valence-corrected chi connectivity index (χ4v) is 4.04. The smallest absolute Gasteiger partial charge is 0.339 e. The van der Waals surface area contributed by atoms with E-state index in [1.165, 1.54) is 24.4 Å². The molecule has 0 aromatic heterocycles. The van der Waals surface area contributed by atoms with Crippen LogP contribution in [0.5, 0.6) is 11.5 Å². The molecule has 0 heterocycles. The van der Waals surface area contributed by atoms with Crippen molar-refractivity contribution in [2.24, 2.45) is 5.10 Å². The van der Waals surface area contributed by atoms with E-state index in [1.807, 2.05) is 6.92 Å². The van der Waals surface area contributed by atoms with Crippen molar-refractivity contribution < 1.29 is 22.1 Å². The third-order valence-electron chi connectivity index (χ3n) is 4.20. The predicted molar refractivity (Wildman–Crippen MR) is 121 cm³/mol. The van der Waals surface area contributed by atoms with Crippen LogP contribution < -0.4 is 14.3 Å². The Kier molecular flexibility index (Phi) is 7.09. The van der Waals surface area contributed by atoms with Crippen molar-refractivity contribution in [2.75, 3.05) is 7.11 Å². The molecule has 0 aliphatic heterocycles. The first kappa shape index (κ1) is 22.5. The molecule has 7 nitrogen and oxygen atoms in total. The SMILES string of the molecule is COc1ccc(C(=O)N/N=C\c2ccc(OS(=O)(=O)c3ccc(C)cc3)c(Br)c2)cc1. The minimum atomic E-state index is -3.96. The maximum atomic E-state index is 12.4. The molecule has 0 saturated carbocycles. The summed E-state index contributed by atoms with van der Waals surface area (Å²) in [5, 5.41) is 3.93. The topological polar surface area (TPSA) is 94.1 Å². The van der Waals surface area contributed by atoms with Gasteiger partial charge in [-0.15, -0.1) is 0 Å². The molecule has 0 radical (unpaired) electrons. The quantitative estimate of drug-likeness (QED) is 0.295. The summed E-state index contributed by atoms with van der Waals surface area (Å²) >= 11 is 3.30. The molecule has 0 aliphatic carbocycles. The Morgan fingerprint density at radius 3 is 2.32 bits per heavy atom. The molecular weight excluding hydrogens is 484 g/mol. The van der Waals surface area contributed by atoms with Gasteiger partial charge in [0.25, 0.3) is 5.91 Å². The van der Waals surface area contributed by atoms with Crippen LogP contribution >= 0.6 is 15.9 Å². The van der Waals surface area contributed by atoms with E-state index in [2.05, 4.69) is 26.5 Å². The number of halogens is 1. The standard InChI is InChI=1S/C22H19BrN2O5S/c1-15-3-10-19(11-4-15)31(27,28)30-21-12-5-16(13-20(21)23)14-24-25-22(26)17-6-8-18(29-2)9-7-17/h3-14H,1-2H3,(H,25,26)/b24-14-. The Hall–Kier alpha value is -3.17. The van der Waals surface area contributed by atoms with Gasteiger partial charge in [0.1, 0.15) is 10.6 Å². The van der Waals surface area contributed by atoms with E-state index in [0.29, 0.717) is 21.3 Å². The average molecular weight is 503 g/mol. The van der Waals surface area contributed by atoms with E-state index in [9.17, 15) is 13.2 Å². The zero-order chi connectivity index (χ0) is 22.4. The molecule has 0 aliphatic rings. The number of nitrogens with zero attached hydrogens (tertiary/aromatic N) is 1. The molecule has 0 unspecified atom stereocenters. The molecule has 9 heteroatoms. The zero-order valence-electron chi connectivity index (χ0n) is 16.7. The lowest BCUT2D eigenvalue weighted by molar-refractivity contribution is 0.0955. The number of carbonyl (C=O) groups excluding carboxylic acids is 1. The van der Waals surface area contributed by atoms with Crippen molar-refractivity contribution in [2.45, 2.75) is 11.8 Å². The summed E-state index contributed by atoms with van der Waals surface area (Å²) < 4.78 is 35.6. The van der Waals surface area contributed by atoms with Gasteiger partial charge in [-0.2, -0.15) is 13.5 Å². The van der Waals surface area contributed by atoms with Crippen molar-refractivity contribution in [3.8, 4) is 11.5 Å². The molecule has 0 saturated heterocycles.